The molecule has 0 heterocycles. The van der Waals surface area contributed by atoms with Crippen molar-refractivity contribution in [3.05, 3.63) is 65.2 Å². The van der Waals surface area contributed by atoms with E-state index in [0.29, 0.717) is 5.56 Å². The van der Waals surface area contributed by atoms with Gasteiger partial charge in [0.1, 0.15) is 0 Å². The number of hydrogen-bond donors (Lipinski definition) is 0. The third-order valence-corrected chi connectivity index (χ3v) is 3.54. The van der Waals surface area contributed by atoms with E-state index >= 15 is 0 Å². The number of halogens is 2. The average molecular weight is 278 g/mol. The molecule has 0 amide bonds. The Morgan fingerprint density at radius 3 is 2.42 bits per heavy atom. The van der Waals surface area contributed by atoms with Gasteiger partial charge in [0.25, 0.3) is 0 Å². The SMILES string of the molecule is CSc1ccc(C(=O)Cc2cccc(F)c2F)cc1. The van der Waals surface area contributed by atoms with Crippen molar-refractivity contribution in [1.82, 2.24) is 0 Å². The quantitative estimate of drug-likeness (QED) is 0.618. The Morgan fingerprint density at radius 1 is 1.11 bits per heavy atom. The van der Waals surface area contributed by atoms with Crippen LogP contribution in [0, 0.1) is 11.6 Å². The van der Waals surface area contributed by atoms with E-state index in [2.05, 4.69) is 0 Å². The zero-order valence-electron chi connectivity index (χ0n) is 10.3. The van der Waals surface area contributed by atoms with Crippen molar-refractivity contribution in [1.29, 1.82) is 0 Å². The van der Waals surface area contributed by atoms with Crippen LogP contribution in [-0.4, -0.2) is 12.0 Å². The Bertz CT molecular complexity index is 594. The van der Waals surface area contributed by atoms with Crippen molar-refractivity contribution in [3.8, 4) is 0 Å². The second-order valence-electron chi connectivity index (χ2n) is 4.04. The second-order valence-corrected chi connectivity index (χ2v) is 4.92. The fourth-order valence-electron chi connectivity index (χ4n) is 1.74. The minimum Gasteiger partial charge on any atom is -0.294 e. The van der Waals surface area contributed by atoms with Gasteiger partial charge in [-0.2, -0.15) is 0 Å². The van der Waals surface area contributed by atoms with Crippen LogP contribution < -0.4 is 0 Å². The van der Waals surface area contributed by atoms with E-state index in [0.717, 1.165) is 11.0 Å². The van der Waals surface area contributed by atoms with Crippen LogP contribution in [0.1, 0.15) is 15.9 Å². The fourth-order valence-corrected chi connectivity index (χ4v) is 2.15. The molecule has 0 radical (unpaired) electrons. The summed E-state index contributed by atoms with van der Waals surface area (Å²) in [6.45, 7) is 0. The van der Waals surface area contributed by atoms with Crippen LogP contribution in [0.25, 0.3) is 0 Å². The van der Waals surface area contributed by atoms with E-state index in [1.807, 2.05) is 18.4 Å². The minimum absolute atomic E-state index is 0.0824. The first kappa shape index (κ1) is 13.7. The largest absolute Gasteiger partial charge is 0.294 e. The smallest absolute Gasteiger partial charge is 0.167 e. The molecule has 0 saturated carbocycles. The molecule has 98 valence electrons. The normalized spacial score (nSPS) is 10.5. The molecular formula is C15H12F2OS. The van der Waals surface area contributed by atoms with Crippen molar-refractivity contribution >= 4 is 17.5 Å². The van der Waals surface area contributed by atoms with Crippen LogP contribution in [0.4, 0.5) is 8.78 Å². The number of hydrogen-bond acceptors (Lipinski definition) is 2. The van der Waals surface area contributed by atoms with Crippen LogP contribution in [0.3, 0.4) is 0 Å². The van der Waals surface area contributed by atoms with Crippen LogP contribution >= 0.6 is 11.8 Å². The van der Waals surface area contributed by atoms with Crippen LogP contribution in [0.2, 0.25) is 0 Å². The lowest BCUT2D eigenvalue weighted by molar-refractivity contribution is 0.0991. The molecule has 0 bridgehead atoms. The summed E-state index contributed by atoms with van der Waals surface area (Å²) in [5, 5.41) is 0. The topological polar surface area (TPSA) is 17.1 Å². The highest BCUT2D eigenvalue weighted by Gasteiger charge is 2.13. The maximum atomic E-state index is 13.5. The molecule has 4 heteroatoms. The van der Waals surface area contributed by atoms with Gasteiger partial charge in [-0.25, -0.2) is 8.78 Å². The van der Waals surface area contributed by atoms with Crippen molar-refractivity contribution < 1.29 is 13.6 Å². The van der Waals surface area contributed by atoms with Gasteiger partial charge in [-0.05, 0) is 30.0 Å². The van der Waals surface area contributed by atoms with E-state index in [1.54, 1.807) is 23.9 Å². The summed E-state index contributed by atoms with van der Waals surface area (Å²) in [6.07, 6.45) is 1.81. The van der Waals surface area contributed by atoms with Crippen LogP contribution in [0.15, 0.2) is 47.4 Å². The Balaban J connectivity index is 2.18. The molecule has 0 unspecified atom stereocenters. The van der Waals surface area contributed by atoms with E-state index in [1.165, 1.54) is 12.1 Å². The van der Waals surface area contributed by atoms with E-state index in [4.69, 9.17) is 0 Å². The zero-order valence-corrected chi connectivity index (χ0v) is 11.1. The summed E-state index contributed by atoms with van der Waals surface area (Å²) in [4.78, 5) is 13.0. The van der Waals surface area contributed by atoms with Gasteiger partial charge >= 0.3 is 0 Å². The maximum Gasteiger partial charge on any atom is 0.167 e. The zero-order chi connectivity index (χ0) is 13.8. The Morgan fingerprint density at radius 2 is 1.79 bits per heavy atom. The van der Waals surface area contributed by atoms with Crippen molar-refractivity contribution in [2.45, 2.75) is 11.3 Å². The summed E-state index contributed by atoms with van der Waals surface area (Å²) in [5.41, 5.74) is 0.584. The third kappa shape index (κ3) is 3.20. The van der Waals surface area contributed by atoms with Gasteiger partial charge in [-0.3, -0.25) is 4.79 Å². The van der Waals surface area contributed by atoms with Gasteiger partial charge in [-0.1, -0.05) is 24.3 Å². The van der Waals surface area contributed by atoms with Crippen molar-refractivity contribution in [2.24, 2.45) is 0 Å². The lowest BCUT2D eigenvalue weighted by Gasteiger charge is -2.04. The fraction of sp³-hybridized carbons (Fsp3) is 0.133. The summed E-state index contributed by atoms with van der Waals surface area (Å²) >= 11 is 1.58. The van der Waals surface area contributed by atoms with Gasteiger partial charge in [0.2, 0.25) is 0 Å². The molecule has 0 aliphatic heterocycles. The molecule has 0 spiro atoms. The minimum atomic E-state index is -0.948. The first-order chi connectivity index (χ1) is 9.11. The Kier molecular flexibility index (Phi) is 4.32. The number of thioether (sulfide) groups is 1. The van der Waals surface area contributed by atoms with Crippen LogP contribution in [0.5, 0.6) is 0 Å². The molecule has 1 nitrogen and oxygen atoms in total. The number of carbonyl (C=O) groups excluding carboxylic acids is 1. The molecule has 0 aliphatic carbocycles. The Hall–Kier alpha value is -1.68. The number of rotatable bonds is 4. The molecule has 0 aliphatic rings. The lowest BCUT2D eigenvalue weighted by atomic mass is 10.0. The molecule has 2 rings (SSSR count). The van der Waals surface area contributed by atoms with Gasteiger partial charge < -0.3 is 0 Å². The molecule has 0 fully saturated rings. The van der Waals surface area contributed by atoms with Gasteiger partial charge in [0.05, 0.1) is 0 Å². The summed E-state index contributed by atoms with van der Waals surface area (Å²) in [5.74, 6) is -2.10. The highest BCUT2D eigenvalue weighted by molar-refractivity contribution is 7.98. The molecule has 0 aromatic heterocycles. The van der Waals surface area contributed by atoms with Gasteiger partial charge in [0.15, 0.2) is 17.4 Å². The van der Waals surface area contributed by atoms with E-state index in [-0.39, 0.29) is 17.8 Å². The third-order valence-electron chi connectivity index (χ3n) is 2.79. The summed E-state index contributed by atoms with van der Waals surface area (Å²) < 4.78 is 26.5. The maximum absolute atomic E-state index is 13.5. The molecule has 19 heavy (non-hydrogen) atoms. The molecule has 2 aromatic rings. The lowest BCUT2D eigenvalue weighted by Crippen LogP contribution is -2.06. The molecule has 2 aromatic carbocycles. The molecule has 0 atom stereocenters. The number of benzene rings is 2. The van der Waals surface area contributed by atoms with E-state index in [9.17, 15) is 13.6 Å². The first-order valence-electron chi connectivity index (χ1n) is 5.72. The van der Waals surface area contributed by atoms with Crippen molar-refractivity contribution in [3.63, 3.8) is 0 Å². The Labute approximate surface area is 114 Å². The second kappa shape index (κ2) is 5.97. The van der Waals surface area contributed by atoms with Gasteiger partial charge in [0, 0.05) is 16.9 Å². The summed E-state index contributed by atoms with van der Waals surface area (Å²) in [7, 11) is 0. The highest BCUT2D eigenvalue weighted by Crippen LogP contribution is 2.17. The predicted octanol–water partition coefficient (Wildman–Crippen LogP) is 4.11. The number of Topliss-reactive ketones (excluding diaryl/α,β-unsaturated/α-hetero) is 1. The monoisotopic (exact) mass is 278 g/mol. The standard InChI is InChI=1S/C15H12F2OS/c1-19-12-7-5-10(6-8-12)14(18)9-11-3-2-4-13(16)15(11)17/h2-8H,9H2,1H3. The van der Waals surface area contributed by atoms with E-state index < -0.39 is 11.6 Å². The van der Waals surface area contributed by atoms with Gasteiger partial charge in [-0.15, -0.1) is 11.8 Å². The highest BCUT2D eigenvalue weighted by atomic mass is 32.2. The van der Waals surface area contributed by atoms with Crippen molar-refractivity contribution in [2.75, 3.05) is 6.26 Å². The summed E-state index contributed by atoms with van der Waals surface area (Å²) in [6, 6.07) is 10.9. The number of carbonyl (C=O) groups is 1. The molecular weight excluding hydrogens is 266 g/mol. The molecule has 0 saturated heterocycles. The van der Waals surface area contributed by atoms with Crippen LogP contribution in [-0.2, 0) is 6.42 Å². The number of ketones is 1. The average Bonchev–Trinajstić information content (AvgIpc) is 2.44. The predicted molar refractivity (Wildman–Crippen MR) is 72.6 cm³/mol. The first-order valence-corrected chi connectivity index (χ1v) is 6.94. The molecule has 0 N–H and O–H groups in total.